The summed E-state index contributed by atoms with van der Waals surface area (Å²) in [6, 6.07) is -2.10. The topological polar surface area (TPSA) is 105 Å². The van der Waals surface area contributed by atoms with Gasteiger partial charge in [0.15, 0.2) is 0 Å². The zero-order valence-corrected chi connectivity index (χ0v) is 12.6. The van der Waals surface area contributed by atoms with Crippen molar-refractivity contribution in [1.29, 1.82) is 0 Å². The van der Waals surface area contributed by atoms with Crippen molar-refractivity contribution in [2.24, 2.45) is 0 Å². The fraction of sp³-hybridized carbons (Fsp3) is 0.750. The number of methoxy groups -OCH3 is 1. The average Bonchev–Trinajstić information content (AvgIpc) is 2.33. The van der Waals surface area contributed by atoms with E-state index in [1.807, 2.05) is 0 Å². The number of hydroxylamine groups is 2. The lowest BCUT2D eigenvalue weighted by atomic mass is 10.2. The Morgan fingerprint density at radius 2 is 1.70 bits per heavy atom. The van der Waals surface area contributed by atoms with Gasteiger partial charge in [-0.15, -0.1) is 0 Å². The molecule has 0 unspecified atom stereocenters. The van der Waals surface area contributed by atoms with Gasteiger partial charge in [-0.05, 0) is 34.6 Å². The summed E-state index contributed by atoms with van der Waals surface area (Å²) in [5, 5.41) is 12.1. The van der Waals surface area contributed by atoms with Gasteiger partial charge in [0.2, 0.25) is 5.91 Å². The van der Waals surface area contributed by atoms with Gasteiger partial charge >= 0.3 is 12.1 Å². The Labute approximate surface area is 118 Å². The molecule has 2 N–H and O–H groups in total. The molecule has 2 atom stereocenters. The van der Waals surface area contributed by atoms with Crippen molar-refractivity contribution in [3.05, 3.63) is 0 Å². The third kappa shape index (κ3) is 5.87. The second-order valence-corrected chi connectivity index (χ2v) is 5.25. The molecule has 0 fully saturated rings. The van der Waals surface area contributed by atoms with Gasteiger partial charge in [0, 0.05) is 0 Å². The predicted molar refractivity (Wildman–Crippen MR) is 68.9 cm³/mol. The molecule has 0 spiro atoms. The normalized spacial score (nSPS) is 13.9. The fourth-order valence-corrected chi connectivity index (χ4v) is 1.15. The molecule has 0 aliphatic carbocycles. The molecule has 0 aliphatic heterocycles. The van der Waals surface area contributed by atoms with Crippen LogP contribution < -0.4 is 5.32 Å². The largest absolute Gasteiger partial charge is 0.467 e. The molecule has 0 saturated carbocycles. The first-order valence-electron chi connectivity index (χ1n) is 6.09. The van der Waals surface area contributed by atoms with Gasteiger partial charge in [-0.25, -0.2) is 9.59 Å². The molecule has 0 radical (unpaired) electrons. The summed E-state index contributed by atoms with van der Waals surface area (Å²) >= 11 is 0. The van der Waals surface area contributed by atoms with Crippen LogP contribution >= 0.6 is 0 Å². The molecule has 0 bridgehead atoms. The van der Waals surface area contributed by atoms with Crippen molar-refractivity contribution in [3.8, 4) is 0 Å². The molecule has 8 nitrogen and oxygen atoms in total. The second kappa shape index (κ2) is 7.09. The molecule has 0 heterocycles. The smallest absolute Gasteiger partial charge is 0.435 e. The predicted octanol–water partition coefficient (Wildman–Crippen LogP) is 0.679. The molecule has 0 aliphatic rings. The lowest BCUT2D eigenvalue weighted by Crippen LogP contribution is -2.51. The maximum atomic E-state index is 11.8. The monoisotopic (exact) mass is 290 g/mol. The van der Waals surface area contributed by atoms with Gasteiger partial charge in [0.25, 0.3) is 0 Å². The highest BCUT2D eigenvalue weighted by atomic mass is 16.6. The van der Waals surface area contributed by atoms with E-state index in [1.165, 1.54) is 21.0 Å². The van der Waals surface area contributed by atoms with Gasteiger partial charge in [-0.1, -0.05) is 0 Å². The van der Waals surface area contributed by atoms with Crippen molar-refractivity contribution >= 4 is 18.0 Å². The van der Waals surface area contributed by atoms with Crippen molar-refractivity contribution in [2.75, 3.05) is 7.11 Å². The summed E-state index contributed by atoms with van der Waals surface area (Å²) in [6.45, 7) is 7.60. The van der Waals surface area contributed by atoms with E-state index < -0.39 is 35.7 Å². The maximum absolute atomic E-state index is 11.8. The van der Waals surface area contributed by atoms with E-state index in [0.717, 1.165) is 0 Å². The minimum absolute atomic E-state index is 0.171. The summed E-state index contributed by atoms with van der Waals surface area (Å²) in [4.78, 5) is 34.5. The molecular weight excluding hydrogens is 268 g/mol. The van der Waals surface area contributed by atoms with Crippen molar-refractivity contribution in [1.82, 2.24) is 10.4 Å². The van der Waals surface area contributed by atoms with Crippen LogP contribution in [0.3, 0.4) is 0 Å². The van der Waals surface area contributed by atoms with E-state index >= 15 is 0 Å². The first-order chi connectivity index (χ1) is 8.99. The van der Waals surface area contributed by atoms with Crippen molar-refractivity contribution < 1.29 is 29.1 Å². The summed E-state index contributed by atoms with van der Waals surface area (Å²) in [6.07, 6.45) is -1.05. The zero-order valence-electron chi connectivity index (χ0n) is 12.6. The molecule has 0 aromatic carbocycles. The van der Waals surface area contributed by atoms with E-state index in [0.29, 0.717) is 0 Å². The number of rotatable bonds is 4. The van der Waals surface area contributed by atoms with Crippen LogP contribution in [0.5, 0.6) is 0 Å². The van der Waals surface area contributed by atoms with E-state index in [1.54, 1.807) is 20.8 Å². The van der Waals surface area contributed by atoms with Crippen LogP contribution in [0, 0.1) is 0 Å². The Kier molecular flexibility index (Phi) is 6.44. The Morgan fingerprint density at radius 3 is 2.10 bits per heavy atom. The molecule has 116 valence electrons. The van der Waals surface area contributed by atoms with Crippen molar-refractivity contribution in [3.63, 3.8) is 0 Å². The van der Waals surface area contributed by atoms with Gasteiger partial charge in [-0.2, -0.15) is 5.06 Å². The Hall–Kier alpha value is -1.83. The third-order valence-corrected chi connectivity index (χ3v) is 2.24. The molecule has 0 aromatic rings. The van der Waals surface area contributed by atoms with Crippen LogP contribution in [0.4, 0.5) is 4.79 Å². The second-order valence-electron chi connectivity index (χ2n) is 5.25. The highest BCUT2D eigenvalue weighted by Crippen LogP contribution is 2.10. The zero-order chi connectivity index (χ0) is 16.1. The number of nitrogens with zero attached hydrogens (tertiary/aromatic N) is 1. The van der Waals surface area contributed by atoms with Crippen LogP contribution in [0.15, 0.2) is 0 Å². The number of hydrogen-bond donors (Lipinski definition) is 2. The van der Waals surface area contributed by atoms with Gasteiger partial charge in [0.05, 0.1) is 7.11 Å². The molecule has 0 aromatic heterocycles. The van der Waals surface area contributed by atoms with Gasteiger partial charge < -0.3 is 14.8 Å². The number of amides is 2. The first-order valence-corrected chi connectivity index (χ1v) is 6.09. The number of esters is 1. The molecule has 0 saturated heterocycles. The first kappa shape index (κ1) is 18.2. The molecule has 0 rings (SSSR count). The van der Waals surface area contributed by atoms with Gasteiger partial charge in [-0.3, -0.25) is 10.0 Å². The summed E-state index contributed by atoms with van der Waals surface area (Å²) in [7, 11) is 1.19. The highest BCUT2D eigenvalue weighted by Gasteiger charge is 2.30. The van der Waals surface area contributed by atoms with E-state index in [-0.39, 0.29) is 5.06 Å². The number of hydrogen-bond acceptors (Lipinski definition) is 6. The van der Waals surface area contributed by atoms with E-state index in [9.17, 15) is 19.6 Å². The van der Waals surface area contributed by atoms with Crippen molar-refractivity contribution in [2.45, 2.75) is 52.3 Å². The average molecular weight is 290 g/mol. The lowest BCUT2D eigenvalue weighted by molar-refractivity contribution is -0.152. The molecular formula is C12H22N2O6. The number of carbonyl (C=O) groups is 3. The summed E-state index contributed by atoms with van der Waals surface area (Å²) in [5.41, 5.74) is -0.798. The van der Waals surface area contributed by atoms with Crippen LogP contribution in [-0.2, 0) is 19.1 Å². The van der Waals surface area contributed by atoms with E-state index in [2.05, 4.69) is 10.1 Å². The minimum atomic E-state index is -1.21. The summed E-state index contributed by atoms with van der Waals surface area (Å²) < 4.78 is 9.35. The van der Waals surface area contributed by atoms with Crippen LogP contribution in [-0.4, -0.2) is 53.0 Å². The molecule has 8 heteroatoms. The molecule has 2 amide bonds. The fourth-order valence-electron chi connectivity index (χ4n) is 1.15. The summed E-state index contributed by atoms with van der Waals surface area (Å²) in [5.74, 6) is -1.34. The third-order valence-electron chi connectivity index (χ3n) is 2.24. The number of nitrogens with one attached hydrogen (secondary N) is 1. The number of carbonyl (C=O) groups excluding carboxylic acids is 3. The van der Waals surface area contributed by atoms with Gasteiger partial charge in [0.1, 0.15) is 17.7 Å². The minimum Gasteiger partial charge on any atom is -0.467 e. The highest BCUT2D eigenvalue weighted by molar-refractivity contribution is 5.88. The molecule has 20 heavy (non-hydrogen) atoms. The lowest BCUT2D eigenvalue weighted by Gasteiger charge is -2.26. The Morgan fingerprint density at radius 1 is 1.20 bits per heavy atom. The van der Waals surface area contributed by atoms with Crippen LogP contribution in [0.25, 0.3) is 0 Å². The maximum Gasteiger partial charge on any atom is 0.435 e. The van der Waals surface area contributed by atoms with Crippen LogP contribution in [0.2, 0.25) is 0 Å². The quantitative estimate of drug-likeness (QED) is 0.448. The number of ether oxygens (including phenoxy) is 2. The van der Waals surface area contributed by atoms with E-state index in [4.69, 9.17) is 4.74 Å². The Balaban J connectivity index is 4.57. The SMILES string of the molecule is COC(=O)[C@H](C)NC(=O)[C@H](C)N(O)C(=O)OC(C)(C)C. The standard InChI is InChI=1S/C12H22N2O6/c1-7(10(16)19-6)13-9(15)8(2)14(18)11(17)20-12(3,4)5/h7-8,18H,1-6H3,(H,13,15)/t7-,8-/m0/s1. The Bertz CT molecular complexity index is 377. The van der Waals surface area contributed by atoms with Crippen LogP contribution in [0.1, 0.15) is 34.6 Å².